The molecule has 2 rings (SSSR count). The first-order chi connectivity index (χ1) is 9.97. The molecule has 0 aliphatic heterocycles. The Balaban J connectivity index is 1.98. The van der Waals surface area contributed by atoms with E-state index in [1.54, 1.807) is 6.07 Å². The van der Waals surface area contributed by atoms with Crippen LogP contribution in [0.1, 0.15) is 46.9 Å². The van der Waals surface area contributed by atoms with E-state index >= 15 is 0 Å². The van der Waals surface area contributed by atoms with Crippen molar-refractivity contribution in [2.24, 2.45) is 12.8 Å². The standard InChI is InChI=1S/C16H22N4O/c1-11(2)15-14(10-20(3)19-15)9-18-8-12-5-4-6-13(7-12)16(17)21/h4-7,10-11,18H,8-9H2,1-3H3,(H2,17,21). The first-order valence-electron chi connectivity index (χ1n) is 7.09. The van der Waals surface area contributed by atoms with Gasteiger partial charge < -0.3 is 11.1 Å². The number of carbonyl (C=O) groups is 1. The zero-order chi connectivity index (χ0) is 15.4. The van der Waals surface area contributed by atoms with E-state index < -0.39 is 5.91 Å². The summed E-state index contributed by atoms with van der Waals surface area (Å²) in [5.41, 5.74) is 9.20. The van der Waals surface area contributed by atoms with Gasteiger partial charge in [-0.15, -0.1) is 0 Å². The summed E-state index contributed by atoms with van der Waals surface area (Å²) in [5.74, 6) is 0.00685. The Labute approximate surface area is 125 Å². The van der Waals surface area contributed by atoms with Gasteiger partial charge in [0.15, 0.2) is 0 Å². The fourth-order valence-corrected chi connectivity index (χ4v) is 2.35. The maximum Gasteiger partial charge on any atom is 0.248 e. The summed E-state index contributed by atoms with van der Waals surface area (Å²) in [4.78, 5) is 11.2. The number of aryl methyl sites for hydroxylation is 1. The van der Waals surface area contributed by atoms with E-state index in [-0.39, 0.29) is 0 Å². The highest BCUT2D eigenvalue weighted by atomic mass is 16.1. The van der Waals surface area contributed by atoms with Crippen LogP contribution in [0.2, 0.25) is 0 Å². The Morgan fingerprint density at radius 3 is 2.81 bits per heavy atom. The summed E-state index contributed by atoms with van der Waals surface area (Å²) in [6.07, 6.45) is 2.04. The van der Waals surface area contributed by atoms with Crippen molar-refractivity contribution >= 4 is 5.91 Å². The molecule has 1 aromatic carbocycles. The first-order valence-corrected chi connectivity index (χ1v) is 7.09. The molecule has 21 heavy (non-hydrogen) atoms. The number of hydrogen-bond donors (Lipinski definition) is 2. The fourth-order valence-electron chi connectivity index (χ4n) is 2.35. The minimum absolute atomic E-state index is 0.397. The number of amides is 1. The van der Waals surface area contributed by atoms with Gasteiger partial charge in [-0.1, -0.05) is 26.0 Å². The minimum atomic E-state index is -0.397. The van der Waals surface area contributed by atoms with E-state index in [1.807, 2.05) is 36.1 Å². The Bertz CT molecular complexity index is 631. The lowest BCUT2D eigenvalue weighted by atomic mass is 10.1. The Morgan fingerprint density at radius 2 is 2.14 bits per heavy atom. The summed E-state index contributed by atoms with van der Waals surface area (Å²) in [5, 5.41) is 7.88. The quantitative estimate of drug-likeness (QED) is 0.852. The summed E-state index contributed by atoms with van der Waals surface area (Å²) in [7, 11) is 1.94. The van der Waals surface area contributed by atoms with Gasteiger partial charge in [-0.25, -0.2) is 0 Å². The molecule has 1 heterocycles. The topological polar surface area (TPSA) is 72.9 Å². The van der Waals surface area contributed by atoms with Crippen LogP contribution in [0, 0.1) is 0 Å². The highest BCUT2D eigenvalue weighted by Crippen LogP contribution is 2.17. The van der Waals surface area contributed by atoms with Gasteiger partial charge in [0, 0.05) is 37.5 Å². The molecule has 0 aliphatic rings. The fraction of sp³-hybridized carbons (Fsp3) is 0.375. The molecule has 0 saturated carbocycles. The van der Waals surface area contributed by atoms with Gasteiger partial charge in [-0.3, -0.25) is 9.48 Å². The second-order valence-electron chi connectivity index (χ2n) is 5.54. The van der Waals surface area contributed by atoms with Gasteiger partial charge in [0.05, 0.1) is 5.69 Å². The molecule has 112 valence electrons. The Kier molecular flexibility index (Phi) is 4.75. The summed E-state index contributed by atoms with van der Waals surface area (Å²) in [6, 6.07) is 7.37. The third-order valence-corrected chi connectivity index (χ3v) is 3.34. The molecule has 2 aromatic rings. The van der Waals surface area contributed by atoms with Gasteiger partial charge in [-0.2, -0.15) is 5.10 Å². The zero-order valence-electron chi connectivity index (χ0n) is 12.8. The second kappa shape index (κ2) is 6.54. The molecule has 1 amide bonds. The van der Waals surface area contributed by atoms with E-state index in [9.17, 15) is 4.79 Å². The molecule has 5 nitrogen and oxygen atoms in total. The highest BCUT2D eigenvalue weighted by molar-refractivity contribution is 5.92. The molecule has 0 unspecified atom stereocenters. The second-order valence-corrected chi connectivity index (χ2v) is 5.54. The third-order valence-electron chi connectivity index (χ3n) is 3.34. The molecular weight excluding hydrogens is 264 g/mol. The van der Waals surface area contributed by atoms with Crippen LogP contribution in [-0.4, -0.2) is 15.7 Å². The summed E-state index contributed by atoms with van der Waals surface area (Å²) < 4.78 is 1.85. The monoisotopic (exact) mass is 286 g/mol. The first kappa shape index (κ1) is 15.3. The van der Waals surface area contributed by atoms with Crippen LogP contribution in [0.15, 0.2) is 30.5 Å². The maximum atomic E-state index is 11.2. The normalized spacial score (nSPS) is 11.0. The molecule has 3 N–H and O–H groups in total. The minimum Gasteiger partial charge on any atom is -0.366 e. The van der Waals surface area contributed by atoms with E-state index in [1.165, 1.54) is 5.56 Å². The Morgan fingerprint density at radius 1 is 1.38 bits per heavy atom. The van der Waals surface area contributed by atoms with Crippen molar-refractivity contribution in [3.05, 3.63) is 52.8 Å². The molecule has 1 aromatic heterocycles. The van der Waals surface area contributed by atoms with E-state index in [0.29, 0.717) is 18.0 Å². The largest absolute Gasteiger partial charge is 0.366 e. The number of nitrogens with zero attached hydrogens (tertiary/aromatic N) is 2. The predicted octanol–water partition coefficient (Wildman–Crippen LogP) is 1.93. The van der Waals surface area contributed by atoms with Crippen LogP contribution in [0.3, 0.4) is 0 Å². The van der Waals surface area contributed by atoms with Gasteiger partial charge in [0.1, 0.15) is 0 Å². The van der Waals surface area contributed by atoms with Gasteiger partial charge in [0.2, 0.25) is 5.91 Å². The molecular formula is C16H22N4O. The highest BCUT2D eigenvalue weighted by Gasteiger charge is 2.10. The summed E-state index contributed by atoms with van der Waals surface area (Å²) in [6.45, 7) is 5.72. The number of rotatable bonds is 6. The van der Waals surface area contributed by atoms with Crippen molar-refractivity contribution in [3.8, 4) is 0 Å². The smallest absolute Gasteiger partial charge is 0.248 e. The average Bonchev–Trinajstić information content (AvgIpc) is 2.80. The van der Waals surface area contributed by atoms with E-state index in [4.69, 9.17) is 5.73 Å². The molecule has 0 spiro atoms. The number of carbonyl (C=O) groups excluding carboxylic acids is 1. The number of nitrogens with one attached hydrogen (secondary N) is 1. The van der Waals surface area contributed by atoms with Gasteiger partial charge in [-0.05, 0) is 23.6 Å². The number of hydrogen-bond acceptors (Lipinski definition) is 3. The zero-order valence-corrected chi connectivity index (χ0v) is 12.8. The maximum absolute atomic E-state index is 11.2. The predicted molar refractivity (Wildman–Crippen MR) is 82.8 cm³/mol. The van der Waals surface area contributed by atoms with Crippen molar-refractivity contribution in [2.45, 2.75) is 32.9 Å². The number of nitrogens with two attached hydrogens (primary N) is 1. The molecule has 0 radical (unpaired) electrons. The van der Waals surface area contributed by atoms with Crippen LogP contribution in [0.25, 0.3) is 0 Å². The van der Waals surface area contributed by atoms with Crippen molar-refractivity contribution < 1.29 is 4.79 Å². The SMILES string of the molecule is CC(C)c1nn(C)cc1CNCc1cccc(C(N)=O)c1. The average molecular weight is 286 g/mol. The number of aromatic nitrogens is 2. The van der Waals surface area contributed by atoms with E-state index in [0.717, 1.165) is 17.8 Å². The van der Waals surface area contributed by atoms with Crippen LogP contribution >= 0.6 is 0 Å². The molecule has 0 atom stereocenters. The lowest BCUT2D eigenvalue weighted by Gasteiger charge is -2.08. The molecule has 0 saturated heterocycles. The lowest BCUT2D eigenvalue weighted by Crippen LogP contribution is -2.15. The van der Waals surface area contributed by atoms with E-state index in [2.05, 4.69) is 24.3 Å². The van der Waals surface area contributed by atoms with Crippen molar-refractivity contribution in [2.75, 3.05) is 0 Å². The third kappa shape index (κ3) is 3.92. The van der Waals surface area contributed by atoms with Crippen LogP contribution in [0.4, 0.5) is 0 Å². The van der Waals surface area contributed by atoms with Crippen LogP contribution in [-0.2, 0) is 20.1 Å². The van der Waals surface area contributed by atoms with Crippen LogP contribution < -0.4 is 11.1 Å². The van der Waals surface area contributed by atoms with Crippen molar-refractivity contribution in [3.63, 3.8) is 0 Å². The van der Waals surface area contributed by atoms with Crippen molar-refractivity contribution in [1.82, 2.24) is 15.1 Å². The van der Waals surface area contributed by atoms with Crippen molar-refractivity contribution in [1.29, 1.82) is 0 Å². The molecule has 0 bridgehead atoms. The lowest BCUT2D eigenvalue weighted by molar-refractivity contribution is 0.1000. The molecule has 0 fully saturated rings. The number of primary amides is 1. The molecule has 0 aliphatic carbocycles. The van der Waals surface area contributed by atoms with Crippen LogP contribution in [0.5, 0.6) is 0 Å². The van der Waals surface area contributed by atoms with Gasteiger partial charge in [0.25, 0.3) is 0 Å². The van der Waals surface area contributed by atoms with Gasteiger partial charge >= 0.3 is 0 Å². The molecule has 5 heteroatoms. The number of benzene rings is 1. The summed E-state index contributed by atoms with van der Waals surface area (Å²) >= 11 is 0. The Hall–Kier alpha value is -2.14.